The molecule has 1 unspecified atom stereocenters. The molecule has 2 atom stereocenters. The molecule has 0 radical (unpaired) electrons. The molecule has 2 aliphatic heterocycles. The van der Waals surface area contributed by atoms with Crippen molar-refractivity contribution in [1.82, 2.24) is 15.1 Å². The summed E-state index contributed by atoms with van der Waals surface area (Å²) in [4.78, 5) is 29.0. The molecule has 150 valence electrons. The summed E-state index contributed by atoms with van der Waals surface area (Å²) in [6.45, 7) is 9.17. The minimum absolute atomic E-state index is 0.0428. The Balaban J connectivity index is 1.95. The van der Waals surface area contributed by atoms with Crippen LogP contribution in [-0.2, 0) is 14.3 Å². The molecule has 1 N–H and O–H groups in total. The standard InChI is InChI=1S/C18H32FN3O4/c1-18(2,3)26-17(24)20-15(6-7-19)16(23)22-8-4-5-14(22)13-21-9-11-25-12-10-21/h14-15H,4-13H2,1-3H3,(H,20,24)/t14-,15?/m0/s1. The first-order chi connectivity index (χ1) is 12.3. The summed E-state index contributed by atoms with van der Waals surface area (Å²) in [7, 11) is 0. The smallest absolute Gasteiger partial charge is 0.408 e. The second kappa shape index (κ2) is 9.50. The first kappa shape index (κ1) is 20.9. The van der Waals surface area contributed by atoms with Crippen LogP contribution in [0.1, 0.15) is 40.0 Å². The van der Waals surface area contributed by atoms with E-state index in [1.54, 1.807) is 25.7 Å². The highest BCUT2D eigenvalue weighted by molar-refractivity contribution is 5.86. The van der Waals surface area contributed by atoms with Crippen LogP contribution in [0.4, 0.5) is 9.18 Å². The number of alkyl carbamates (subject to hydrolysis) is 1. The zero-order valence-corrected chi connectivity index (χ0v) is 16.1. The number of likely N-dealkylation sites (tertiary alicyclic amines) is 1. The molecule has 0 aliphatic carbocycles. The van der Waals surface area contributed by atoms with E-state index >= 15 is 0 Å². The molecule has 7 nitrogen and oxygen atoms in total. The SMILES string of the molecule is CC(C)(C)OC(=O)NC(CCF)C(=O)N1CCC[C@H]1CN1CCOCC1. The van der Waals surface area contributed by atoms with E-state index < -0.39 is 24.4 Å². The zero-order chi connectivity index (χ0) is 19.2. The maximum atomic E-state index is 13.0. The van der Waals surface area contributed by atoms with Crippen LogP contribution < -0.4 is 5.32 Å². The number of ether oxygens (including phenoxy) is 2. The number of hydrogen-bond acceptors (Lipinski definition) is 5. The van der Waals surface area contributed by atoms with Gasteiger partial charge in [-0.1, -0.05) is 0 Å². The number of alkyl halides is 1. The van der Waals surface area contributed by atoms with Crippen molar-refractivity contribution >= 4 is 12.0 Å². The molecule has 2 aliphatic rings. The largest absolute Gasteiger partial charge is 0.444 e. The second-order valence-corrected chi connectivity index (χ2v) is 7.92. The third kappa shape index (κ3) is 6.39. The van der Waals surface area contributed by atoms with Crippen molar-refractivity contribution in [2.75, 3.05) is 46.1 Å². The number of halogens is 1. The number of nitrogens with one attached hydrogen (secondary N) is 1. The van der Waals surface area contributed by atoms with Gasteiger partial charge in [-0.2, -0.15) is 0 Å². The number of carbonyl (C=O) groups is 2. The highest BCUT2D eigenvalue weighted by Crippen LogP contribution is 2.21. The predicted molar refractivity (Wildman–Crippen MR) is 95.7 cm³/mol. The average Bonchev–Trinajstić information content (AvgIpc) is 3.01. The maximum Gasteiger partial charge on any atom is 0.408 e. The van der Waals surface area contributed by atoms with Gasteiger partial charge in [-0.05, 0) is 33.6 Å². The second-order valence-electron chi connectivity index (χ2n) is 7.92. The van der Waals surface area contributed by atoms with Crippen molar-refractivity contribution in [2.45, 2.75) is 57.7 Å². The third-order valence-electron chi connectivity index (χ3n) is 4.62. The van der Waals surface area contributed by atoms with Crippen LogP contribution in [0.15, 0.2) is 0 Å². The molecule has 0 aromatic heterocycles. The van der Waals surface area contributed by atoms with E-state index in [4.69, 9.17) is 9.47 Å². The van der Waals surface area contributed by atoms with Crippen molar-refractivity contribution in [3.63, 3.8) is 0 Å². The first-order valence-corrected chi connectivity index (χ1v) is 9.46. The topological polar surface area (TPSA) is 71.1 Å². The van der Waals surface area contributed by atoms with Crippen LogP contribution >= 0.6 is 0 Å². The monoisotopic (exact) mass is 373 g/mol. The van der Waals surface area contributed by atoms with Crippen LogP contribution in [0.2, 0.25) is 0 Å². The van der Waals surface area contributed by atoms with Gasteiger partial charge in [0.2, 0.25) is 5.91 Å². The maximum absolute atomic E-state index is 13.0. The van der Waals surface area contributed by atoms with E-state index in [2.05, 4.69) is 10.2 Å². The molecule has 2 fully saturated rings. The van der Waals surface area contributed by atoms with Crippen molar-refractivity contribution in [3.8, 4) is 0 Å². The van der Waals surface area contributed by atoms with E-state index in [1.165, 1.54) is 0 Å². The Hall–Kier alpha value is -1.41. The highest BCUT2D eigenvalue weighted by atomic mass is 19.1. The van der Waals surface area contributed by atoms with E-state index in [1.807, 2.05) is 0 Å². The van der Waals surface area contributed by atoms with Gasteiger partial charge in [-0.25, -0.2) is 4.79 Å². The number of rotatable bonds is 6. The molecular formula is C18H32FN3O4. The lowest BCUT2D eigenvalue weighted by Crippen LogP contribution is -2.53. The molecule has 0 aromatic carbocycles. The van der Waals surface area contributed by atoms with Gasteiger partial charge in [0.15, 0.2) is 0 Å². The van der Waals surface area contributed by atoms with Crippen LogP contribution in [0, 0.1) is 0 Å². The fourth-order valence-electron chi connectivity index (χ4n) is 3.41. The van der Waals surface area contributed by atoms with Crippen molar-refractivity contribution < 1.29 is 23.5 Å². The summed E-state index contributed by atoms with van der Waals surface area (Å²) in [5, 5.41) is 2.55. The van der Waals surface area contributed by atoms with Crippen molar-refractivity contribution in [3.05, 3.63) is 0 Å². The van der Waals surface area contributed by atoms with Gasteiger partial charge in [0.05, 0.1) is 19.9 Å². The molecule has 2 heterocycles. The van der Waals surface area contributed by atoms with E-state index in [0.717, 1.165) is 32.5 Å². The summed E-state index contributed by atoms with van der Waals surface area (Å²) in [5.41, 5.74) is -0.667. The first-order valence-electron chi connectivity index (χ1n) is 9.46. The van der Waals surface area contributed by atoms with Crippen LogP contribution in [0.25, 0.3) is 0 Å². The third-order valence-corrected chi connectivity index (χ3v) is 4.62. The molecule has 0 saturated carbocycles. The summed E-state index contributed by atoms with van der Waals surface area (Å²) in [5.74, 6) is -0.218. The van der Waals surface area contributed by atoms with E-state index in [-0.39, 0.29) is 18.4 Å². The Morgan fingerprint density at radius 2 is 1.96 bits per heavy atom. The van der Waals surface area contributed by atoms with Gasteiger partial charge in [0.1, 0.15) is 11.6 Å². The van der Waals surface area contributed by atoms with Gasteiger partial charge in [0.25, 0.3) is 0 Å². The quantitative estimate of drug-likeness (QED) is 0.765. The molecule has 2 amide bonds. The summed E-state index contributed by atoms with van der Waals surface area (Å²) in [6, 6.07) is -0.789. The van der Waals surface area contributed by atoms with Gasteiger partial charge in [-0.15, -0.1) is 0 Å². The Bertz CT molecular complexity index is 478. The lowest BCUT2D eigenvalue weighted by molar-refractivity contribution is -0.135. The number of nitrogens with zero attached hydrogens (tertiary/aromatic N) is 2. The minimum Gasteiger partial charge on any atom is -0.444 e. The minimum atomic E-state index is -0.889. The predicted octanol–water partition coefficient (Wildman–Crippen LogP) is 1.56. The Labute approximate surface area is 155 Å². The van der Waals surface area contributed by atoms with Gasteiger partial charge in [0, 0.05) is 38.6 Å². The molecule has 8 heteroatoms. The van der Waals surface area contributed by atoms with Crippen LogP contribution in [-0.4, -0.2) is 85.6 Å². The van der Waals surface area contributed by atoms with E-state index in [9.17, 15) is 14.0 Å². The average molecular weight is 373 g/mol. The lowest BCUT2D eigenvalue weighted by atomic mass is 10.1. The van der Waals surface area contributed by atoms with Gasteiger partial charge < -0.3 is 19.7 Å². The normalized spacial score (nSPS) is 22.9. The molecule has 0 bridgehead atoms. The molecule has 2 saturated heterocycles. The van der Waals surface area contributed by atoms with Gasteiger partial charge in [-0.3, -0.25) is 14.1 Å². The zero-order valence-electron chi connectivity index (χ0n) is 16.1. The molecule has 26 heavy (non-hydrogen) atoms. The molecular weight excluding hydrogens is 341 g/mol. The van der Waals surface area contributed by atoms with Crippen LogP contribution in [0.3, 0.4) is 0 Å². The fraction of sp³-hybridized carbons (Fsp3) is 0.889. The molecule has 2 rings (SSSR count). The summed E-state index contributed by atoms with van der Waals surface area (Å²) >= 11 is 0. The Morgan fingerprint density at radius 1 is 1.27 bits per heavy atom. The number of hydrogen-bond donors (Lipinski definition) is 1. The van der Waals surface area contributed by atoms with E-state index in [0.29, 0.717) is 19.8 Å². The fourth-order valence-corrected chi connectivity index (χ4v) is 3.41. The Kier molecular flexibility index (Phi) is 7.64. The van der Waals surface area contributed by atoms with Crippen molar-refractivity contribution in [1.29, 1.82) is 0 Å². The number of amides is 2. The van der Waals surface area contributed by atoms with Crippen molar-refractivity contribution in [2.24, 2.45) is 0 Å². The highest BCUT2D eigenvalue weighted by Gasteiger charge is 2.35. The Morgan fingerprint density at radius 3 is 2.58 bits per heavy atom. The number of carbonyl (C=O) groups excluding carboxylic acids is 2. The van der Waals surface area contributed by atoms with Gasteiger partial charge >= 0.3 is 6.09 Å². The molecule has 0 spiro atoms. The van der Waals surface area contributed by atoms with Crippen LogP contribution in [0.5, 0.6) is 0 Å². The number of morpholine rings is 1. The lowest BCUT2D eigenvalue weighted by Gasteiger charge is -2.34. The summed E-state index contributed by atoms with van der Waals surface area (Å²) in [6.07, 6.45) is 1.12. The molecule has 0 aromatic rings. The summed E-state index contributed by atoms with van der Waals surface area (Å²) < 4.78 is 23.5.